The van der Waals surface area contributed by atoms with Crippen molar-refractivity contribution >= 4 is 24.6 Å². The van der Waals surface area contributed by atoms with Crippen LogP contribution < -0.4 is 27.8 Å². The molecule has 0 spiro atoms. The second kappa shape index (κ2) is 16.2. The van der Waals surface area contributed by atoms with Crippen LogP contribution in [0.2, 0.25) is 0 Å². The first-order valence-corrected chi connectivity index (χ1v) is 20.5. The van der Waals surface area contributed by atoms with Crippen LogP contribution in [0.4, 0.5) is 0 Å². The highest BCUT2D eigenvalue weighted by Crippen LogP contribution is 2.77. The van der Waals surface area contributed by atoms with Crippen LogP contribution in [-0.2, 0) is 0 Å². The van der Waals surface area contributed by atoms with Crippen molar-refractivity contribution in [2.45, 2.75) is 27.7 Å². The van der Waals surface area contributed by atoms with E-state index in [1.165, 1.54) is 0 Å². The molecule has 0 saturated heterocycles. The second-order valence-corrected chi connectivity index (χ2v) is 17.5. The van der Waals surface area contributed by atoms with Gasteiger partial charge in [0.15, 0.2) is 0 Å². The molecule has 0 aliphatic carbocycles. The molecule has 7 rings (SSSR count). The Balaban J connectivity index is 1.47. The third kappa shape index (κ3) is 8.77. The zero-order chi connectivity index (χ0) is 35.9. The van der Waals surface area contributed by atoms with E-state index < -0.39 is 24.6 Å². The normalized spacial score (nSPS) is 17.0. The first-order chi connectivity index (χ1) is 25.3. The number of hydrogen-bond acceptors (Lipinski definition) is 9. The van der Waals surface area contributed by atoms with Gasteiger partial charge in [-0.25, -0.2) is 0 Å². The van der Waals surface area contributed by atoms with Gasteiger partial charge in [-0.1, -0.05) is 107 Å². The fraction of sp³-hybridized carbons (Fsp3) is 0.100. The van der Waals surface area contributed by atoms with Crippen molar-refractivity contribution in [3.63, 3.8) is 0 Å². The molecule has 0 radical (unpaired) electrons. The fourth-order valence-electron chi connectivity index (χ4n) is 4.81. The largest absolute Gasteiger partial charge is 0.447 e. The summed E-state index contributed by atoms with van der Waals surface area (Å²) in [5.41, 5.74) is 4.35. The maximum absolute atomic E-state index is 6.96. The first-order valence-electron chi connectivity index (χ1n) is 16.6. The summed E-state index contributed by atoms with van der Waals surface area (Å²) in [6.45, 7) is 8.10. The molecule has 1 aliphatic heterocycles. The molecule has 0 bridgehead atoms. The van der Waals surface area contributed by atoms with Gasteiger partial charge in [0.1, 0.15) is 34.5 Å². The molecule has 6 aromatic rings. The van der Waals surface area contributed by atoms with Crippen molar-refractivity contribution in [3.05, 3.63) is 180 Å². The zero-order valence-electron chi connectivity index (χ0n) is 29.1. The average Bonchev–Trinajstić information content (AvgIpc) is 3.15. The molecular formula is C40H38N3O6P3. The smallest absolute Gasteiger partial charge is 0.440 e. The average molecular weight is 750 g/mol. The van der Waals surface area contributed by atoms with E-state index in [0.29, 0.717) is 34.5 Å². The number of rotatable bonds is 12. The molecule has 6 aromatic carbocycles. The van der Waals surface area contributed by atoms with Gasteiger partial charge in [0.2, 0.25) is 0 Å². The molecule has 52 heavy (non-hydrogen) atoms. The van der Waals surface area contributed by atoms with Crippen LogP contribution >= 0.6 is 24.6 Å². The lowest BCUT2D eigenvalue weighted by Crippen LogP contribution is -2.37. The molecule has 0 aromatic heterocycles. The maximum Gasteiger partial charge on any atom is 0.447 e. The maximum atomic E-state index is 6.96. The van der Waals surface area contributed by atoms with Crippen LogP contribution in [-0.4, -0.2) is 9.21 Å². The first kappa shape index (κ1) is 35.5. The minimum absolute atomic E-state index is 0.525. The zero-order valence-corrected chi connectivity index (χ0v) is 31.8. The van der Waals surface area contributed by atoms with Crippen molar-refractivity contribution in [2.75, 3.05) is 0 Å². The Morgan fingerprint density at radius 2 is 0.808 bits per heavy atom. The molecule has 0 amide bonds. The standard InChI is InChI=1S/C40H38N3O6P3/c1-31-15-23-35(24-16-31)44-42-50(46-37-27-19-33(3)20-28-37)41-52(48-39-11-7-5-8-12-39,49-40-13-9-6-10-14-40)43(45-36-25-17-32(2)18-26-36)51(42)47-38-29-21-34(4)22-30-38/h5-30H,1-4H3. The van der Waals surface area contributed by atoms with Gasteiger partial charge in [-0.05, 0) is 100 Å². The second-order valence-electron chi connectivity index (χ2n) is 12.0. The van der Waals surface area contributed by atoms with Gasteiger partial charge in [0.05, 0.1) is 0 Å². The van der Waals surface area contributed by atoms with Crippen molar-refractivity contribution in [3.8, 4) is 34.5 Å². The lowest BCUT2D eigenvalue weighted by Gasteiger charge is -2.43. The summed E-state index contributed by atoms with van der Waals surface area (Å²) in [5, 5.41) is 0. The SMILES string of the molecule is Cc1ccc(ON2P(Oc3ccc(C)cc3)N=P(Oc3ccccc3)(Oc3ccccc3)N(Oc3ccc(C)cc3)P2Oc2ccc(C)cc2)cc1. The van der Waals surface area contributed by atoms with Crippen LogP contribution in [0, 0.1) is 27.7 Å². The van der Waals surface area contributed by atoms with Crippen molar-refractivity contribution in [1.29, 1.82) is 0 Å². The molecule has 1 aliphatic rings. The van der Waals surface area contributed by atoms with Gasteiger partial charge in [0.25, 0.3) is 0 Å². The number of benzene rings is 6. The lowest BCUT2D eigenvalue weighted by atomic mass is 10.2. The minimum atomic E-state index is -3.75. The van der Waals surface area contributed by atoms with Crippen LogP contribution in [0.25, 0.3) is 0 Å². The van der Waals surface area contributed by atoms with E-state index in [1.807, 2.05) is 185 Å². The predicted molar refractivity (Wildman–Crippen MR) is 208 cm³/mol. The minimum Gasteiger partial charge on any atom is -0.440 e. The predicted octanol–water partition coefficient (Wildman–Crippen LogP) is 12.5. The number of nitrogens with zero attached hydrogens (tertiary/aromatic N) is 3. The van der Waals surface area contributed by atoms with Gasteiger partial charge in [-0.2, -0.15) is 0 Å². The molecule has 0 saturated carbocycles. The van der Waals surface area contributed by atoms with Crippen LogP contribution in [0.3, 0.4) is 0 Å². The van der Waals surface area contributed by atoms with Gasteiger partial charge < -0.3 is 27.8 Å². The molecule has 264 valence electrons. The lowest BCUT2D eigenvalue weighted by molar-refractivity contribution is 0.0545. The Morgan fingerprint density at radius 1 is 0.423 bits per heavy atom. The number of hydrogen-bond donors (Lipinski definition) is 0. The molecule has 2 unspecified atom stereocenters. The Labute approximate surface area is 307 Å². The van der Waals surface area contributed by atoms with Crippen molar-refractivity contribution in [1.82, 2.24) is 9.21 Å². The van der Waals surface area contributed by atoms with Gasteiger partial charge in [0, 0.05) is 9.21 Å². The van der Waals surface area contributed by atoms with Crippen LogP contribution in [0.15, 0.2) is 162 Å². The monoisotopic (exact) mass is 749 g/mol. The van der Waals surface area contributed by atoms with Gasteiger partial charge >= 0.3 is 24.6 Å². The van der Waals surface area contributed by atoms with Crippen LogP contribution in [0.1, 0.15) is 22.3 Å². The van der Waals surface area contributed by atoms with Gasteiger partial charge in [-0.3, -0.25) is 0 Å². The summed E-state index contributed by atoms with van der Waals surface area (Å²) in [6, 6.07) is 50.0. The Kier molecular flexibility index (Phi) is 11.1. The van der Waals surface area contributed by atoms with Crippen LogP contribution in [0.5, 0.6) is 34.5 Å². The molecular weight excluding hydrogens is 711 g/mol. The summed E-state index contributed by atoms with van der Waals surface area (Å²) in [7, 11) is -7.96. The van der Waals surface area contributed by atoms with E-state index in [0.717, 1.165) is 22.3 Å². The van der Waals surface area contributed by atoms with E-state index in [9.17, 15) is 0 Å². The topological polar surface area (TPSA) is 74.2 Å². The molecule has 2 atom stereocenters. The summed E-state index contributed by atoms with van der Waals surface area (Å²) in [5.74, 6) is 3.31. The van der Waals surface area contributed by atoms with Gasteiger partial charge in [-0.15, -0.1) is 4.52 Å². The van der Waals surface area contributed by atoms with Crippen molar-refractivity contribution in [2.24, 2.45) is 4.52 Å². The highest BCUT2D eigenvalue weighted by atomic mass is 31.3. The molecule has 12 heteroatoms. The third-order valence-electron chi connectivity index (χ3n) is 7.61. The Morgan fingerprint density at radius 3 is 1.25 bits per heavy atom. The Hall–Kier alpha value is -4.87. The fourth-order valence-corrected chi connectivity index (χ4v) is 12.3. The van der Waals surface area contributed by atoms with E-state index in [4.69, 9.17) is 32.3 Å². The number of aryl methyl sites for hydroxylation is 4. The molecule has 1 heterocycles. The summed E-state index contributed by atoms with van der Waals surface area (Å²) in [4.78, 5) is 13.6. The highest BCUT2D eigenvalue weighted by Gasteiger charge is 2.58. The Bertz CT molecular complexity index is 2060. The summed E-state index contributed by atoms with van der Waals surface area (Å²) in [6.07, 6.45) is 0. The molecule has 0 N–H and O–H groups in total. The number of para-hydroxylation sites is 2. The van der Waals surface area contributed by atoms with E-state index in [1.54, 1.807) is 9.21 Å². The van der Waals surface area contributed by atoms with E-state index in [2.05, 4.69) is 0 Å². The van der Waals surface area contributed by atoms with E-state index in [-0.39, 0.29) is 0 Å². The molecule has 0 fully saturated rings. The third-order valence-corrected chi connectivity index (χ3v) is 14.5. The highest BCUT2D eigenvalue weighted by molar-refractivity contribution is 7.78. The quantitative estimate of drug-likeness (QED) is 0.115. The summed E-state index contributed by atoms with van der Waals surface area (Å²) >= 11 is 0. The van der Waals surface area contributed by atoms with E-state index >= 15 is 0 Å². The molecule has 9 nitrogen and oxygen atoms in total. The summed E-state index contributed by atoms with van der Waals surface area (Å²) < 4.78 is 36.2. The van der Waals surface area contributed by atoms with Crippen molar-refractivity contribution < 1.29 is 27.8 Å².